The van der Waals surface area contributed by atoms with E-state index >= 15 is 0 Å². The van der Waals surface area contributed by atoms with Gasteiger partial charge in [-0.05, 0) is 61.4 Å². The van der Waals surface area contributed by atoms with Crippen LogP contribution in [0.4, 0.5) is 11.4 Å². The van der Waals surface area contributed by atoms with E-state index < -0.39 is 23.4 Å². The van der Waals surface area contributed by atoms with Gasteiger partial charge in [-0.2, -0.15) is 0 Å². The fourth-order valence-corrected chi connectivity index (χ4v) is 7.68. The zero-order valence-corrected chi connectivity index (χ0v) is 24.4. The third kappa shape index (κ3) is 3.67. The van der Waals surface area contributed by atoms with E-state index in [0.29, 0.717) is 21.8 Å². The Hall–Kier alpha value is -4.19. The van der Waals surface area contributed by atoms with Crippen molar-refractivity contribution in [1.82, 2.24) is 0 Å². The molecule has 1 fully saturated rings. The highest BCUT2D eigenvalue weighted by Gasteiger charge is 2.70. The molecule has 0 aliphatic carbocycles. The summed E-state index contributed by atoms with van der Waals surface area (Å²) in [7, 11) is 0. The number of allylic oxidation sites excluding steroid dienone is 1. The number of aryl methyl sites for hydroxylation is 1. The van der Waals surface area contributed by atoms with E-state index in [4.69, 9.17) is 23.2 Å². The second kappa shape index (κ2) is 9.69. The number of hydrogen-bond acceptors (Lipinski definition) is 4. The van der Waals surface area contributed by atoms with Crippen molar-refractivity contribution < 1.29 is 14.4 Å². The average Bonchev–Trinajstić information content (AvgIpc) is 3.45. The van der Waals surface area contributed by atoms with Gasteiger partial charge in [0.1, 0.15) is 11.5 Å². The number of amides is 1. The number of nitrogens with one attached hydrogen (secondary N) is 1. The van der Waals surface area contributed by atoms with Gasteiger partial charge in [-0.3, -0.25) is 14.4 Å². The number of carbonyl (C=O) groups is 3. The molecule has 1 amide bonds. The predicted molar refractivity (Wildman–Crippen MR) is 167 cm³/mol. The molecule has 208 valence electrons. The number of fused-ring (bicyclic) bond motifs is 6. The molecule has 0 saturated carbocycles. The van der Waals surface area contributed by atoms with E-state index in [1.807, 2.05) is 67.3 Å². The van der Waals surface area contributed by atoms with E-state index in [1.165, 1.54) is 6.07 Å². The van der Waals surface area contributed by atoms with Crippen LogP contribution in [0.15, 0.2) is 97.1 Å². The molecule has 4 atom stereocenters. The second-order valence-corrected chi connectivity index (χ2v) is 12.1. The first-order valence-electron chi connectivity index (χ1n) is 13.8. The molecular formula is C35H26Cl2N2O3. The highest BCUT2D eigenvalue weighted by molar-refractivity contribution is 6.37. The maximum absolute atomic E-state index is 14.9. The van der Waals surface area contributed by atoms with E-state index in [9.17, 15) is 14.4 Å². The van der Waals surface area contributed by atoms with Crippen molar-refractivity contribution in [3.8, 4) is 0 Å². The zero-order chi connectivity index (χ0) is 29.3. The molecule has 3 aliphatic rings. The van der Waals surface area contributed by atoms with Gasteiger partial charge >= 0.3 is 0 Å². The Kier molecular flexibility index (Phi) is 6.16. The van der Waals surface area contributed by atoms with Crippen molar-refractivity contribution in [2.75, 3.05) is 10.2 Å². The number of carbonyl (C=O) groups excluding carboxylic acids is 3. The topological polar surface area (TPSA) is 66.5 Å². The Morgan fingerprint density at radius 2 is 1.60 bits per heavy atom. The average molecular weight is 594 g/mol. The summed E-state index contributed by atoms with van der Waals surface area (Å²) in [5.41, 5.74) is 4.44. The molecule has 1 N–H and O–H groups in total. The van der Waals surface area contributed by atoms with Crippen molar-refractivity contribution in [2.45, 2.75) is 31.3 Å². The Balaban J connectivity index is 1.57. The van der Waals surface area contributed by atoms with Gasteiger partial charge in [0.15, 0.2) is 11.6 Å². The van der Waals surface area contributed by atoms with E-state index in [-0.39, 0.29) is 28.1 Å². The van der Waals surface area contributed by atoms with E-state index in [1.54, 1.807) is 36.4 Å². The van der Waals surface area contributed by atoms with Crippen LogP contribution in [0.1, 0.15) is 44.3 Å². The number of Topliss-reactive ketones (excluding diaryl/α,β-unsaturated/α-hetero) is 2. The van der Waals surface area contributed by atoms with E-state index in [2.05, 4.69) is 11.4 Å². The molecule has 0 unspecified atom stereocenters. The predicted octanol–water partition coefficient (Wildman–Crippen LogP) is 7.55. The van der Waals surface area contributed by atoms with Crippen LogP contribution in [0.2, 0.25) is 10.0 Å². The van der Waals surface area contributed by atoms with Gasteiger partial charge < -0.3 is 10.2 Å². The molecule has 3 heterocycles. The van der Waals surface area contributed by atoms with Crippen molar-refractivity contribution >= 4 is 57.6 Å². The van der Waals surface area contributed by atoms with Crippen LogP contribution in [-0.4, -0.2) is 29.6 Å². The molecule has 5 nitrogen and oxygen atoms in total. The molecule has 7 heteroatoms. The number of hydrogen-bond donors (Lipinski definition) is 1. The van der Waals surface area contributed by atoms with Gasteiger partial charge in [0.2, 0.25) is 5.91 Å². The summed E-state index contributed by atoms with van der Waals surface area (Å²) in [6.07, 6.45) is 2.05. The summed E-state index contributed by atoms with van der Waals surface area (Å²) >= 11 is 12.8. The monoisotopic (exact) mass is 592 g/mol. The summed E-state index contributed by atoms with van der Waals surface area (Å²) in [6, 6.07) is 25.6. The summed E-state index contributed by atoms with van der Waals surface area (Å²) in [6.45, 7) is 4.04. The molecule has 4 aromatic rings. The molecule has 1 spiro atoms. The molecule has 4 aromatic carbocycles. The maximum Gasteiger partial charge on any atom is 0.238 e. The standard InChI is InChI=1S/C35H26Cl2N2O3/c1-19-12-15-28-24(16-19)20(2)17-29-35(25-10-6-7-11-27(25)38-34(35)42)30(33(41)23-14-13-22(36)18-26(23)37)31(39(28)29)32(40)21-8-4-3-5-9-21/h3-18,29-31H,1-2H3,(H,38,42)/t29-,30+,31-,35+/m0/s1. The van der Waals surface area contributed by atoms with Crippen molar-refractivity contribution in [3.05, 3.63) is 135 Å². The Bertz CT molecular complexity index is 1850. The number of halogens is 2. The maximum atomic E-state index is 14.9. The Labute approximate surface area is 253 Å². The van der Waals surface area contributed by atoms with Gasteiger partial charge in [0.25, 0.3) is 0 Å². The largest absolute Gasteiger partial charge is 0.352 e. The molecule has 7 rings (SSSR count). The van der Waals surface area contributed by atoms with Crippen LogP contribution in [-0.2, 0) is 10.2 Å². The lowest BCUT2D eigenvalue weighted by Gasteiger charge is -2.39. The summed E-state index contributed by atoms with van der Waals surface area (Å²) in [5, 5.41) is 3.62. The van der Waals surface area contributed by atoms with Crippen LogP contribution in [0, 0.1) is 12.8 Å². The van der Waals surface area contributed by atoms with Crippen LogP contribution >= 0.6 is 23.2 Å². The Morgan fingerprint density at radius 3 is 2.36 bits per heavy atom. The summed E-state index contributed by atoms with van der Waals surface area (Å²) in [5.74, 6) is -2.04. The van der Waals surface area contributed by atoms with Gasteiger partial charge in [0.05, 0.1) is 17.0 Å². The minimum Gasteiger partial charge on any atom is -0.352 e. The summed E-state index contributed by atoms with van der Waals surface area (Å²) in [4.78, 5) is 46.1. The lowest BCUT2D eigenvalue weighted by molar-refractivity contribution is -0.121. The minimum atomic E-state index is -1.41. The van der Waals surface area contributed by atoms with Crippen LogP contribution in [0.25, 0.3) is 5.57 Å². The number of nitrogens with zero attached hydrogens (tertiary/aromatic N) is 1. The molecule has 3 aliphatic heterocycles. The first-order chi connectivity index (χ1) is 20.2. The second-order valence-electron chi connectivity index (χ2n) is 11.2. The Morgan fingerprint density at radius 1 is 0.857 bits per heavy atom. The quantitative estimate of drug-likeness (QED) is 0.248. The fraction of sp³-hybridized carbons (Fsp3) is 0.171. The van der Waals surface area contributed by atoms with Crippen molar-refractivity contribution in [2.24, 2.45) is 5.92 Å². The molecule has 42 heavy (non-hydrogen) atoms. The number of ketones is 2. The molecule has 0 bridgehead atoms. The van der Waals surface area contributed by atoms with Gasteiger partial charge in [-0.15, -0.1) is 0 Å². The molecule has 1 saturated heterocycles. The van der Waals surface area contributed by atoms with Crippen LogP contribution < -0.4 is 10.2 Å². The highest BCUT2D eigenvalue weighted by Crippen LogP contribution is 2.59. The van der Waals surface area contributed by atoms with Crippen molar-refractivity contribution in [1.29, 1.82) is 0 Å². The lowest BCUT2D eigenvalue weighted by atomic mass is 9.64. The third-order valence-electron chi connectivity index (χ3n) is 8.94. The number of benzene rings is 4. The van der Waals surface area contributed by atoms with Crippen LogP contribution in [0.5, 0.6) is 0 Å². The zero-order valence-electron chi connectivity index (χ0n) is 22.9. The summed E-state index contributed by atoms with van der Waals surface area (Å²) < 4.78 is 0. The minimum absolute atomic E-state index is 0.174. The normalized spacial score (nSPS) is 23.6. The van der Waals surface area contributed by atoms with Crippen molar-refractivity contribution in [3.63, 3.8) is 0 Å². The van der Waals surface area contributed by atoms with E-state index in [0.717, 1.165) is 22.4 Å². The first kappa shape index (κ1) is 26.7. The fourth-order valence-electron chi connectivity index (χ4n) is 7.18. The first-order valence-corrected chi connectivity index (χ1v) is 14.6. The lowest BCUT2D eigenvalue weighted by Crippen LogP contribution is -2.51. The number of para-hydroxylation sites is 1. The number of anilines is 2. The SMILES string of the molecule is CC1=C[C@@H]2N(c3ccc(C)cc31)[C@H](C(=O)c1ccccc1)[C@H](C(=O)c1ccc(Cl)cc1Cl)[C@]21C(=O)Nc2ccccc21. The van der Waals surface area contributed by atoms with Gasteiger partial charge in [-0.1, -0.05) is 89.4 Å². The molecule has 0 radical (unpaired) electrons. The van der Waals surface area contributed by atoms with Crippen LogP contribution in [0.3, 0.4) is 0 Å². The van der Waals surface area contributed by atoms with Gasteiger partial charge in [0, 0.05) is 33.1 Å². The smallest absolute Gasteiger partial charge is 0.238 e. The number of rotatable bonds is 4. The van der Waals surface area contributed by atoms with Gasteiger partial charge in [-0.25, -0.2) is 0 Å². The highest BCUT2D eigenvalue weighted by atomic mass is 35.5. The third-order valence-corrected chi connectivity index (χ3v) is 9.49. The molecular weight excluding hydrogens is 567 g/mol. The molecule has 0 aromatic heterocycles.